The van der Waals surface area contributed by atoms with E-state index in [1.54, 1.807) is 0 Å². The van der Waals surface area contributed by atoms with Gasteiger partial charge in [-0.05, 0) is 13.3 Å². The van der Waals surface area contributed by atoms with Crippen molar-refractivity contribution in [3.63, 3.8) is 0 Å². The third kappa shape index (κ3) is 1.60. The van der Waals surface area contributed by atoms with Crippen LogP contribution in [0.1, 0.15) is 13.3 Å². The van der Waals surface area contributed by atoms with Gasteiger partial charge >= 0.3 is 5.97 Å². The molecule has 2 atom stereocenters. The van der Waals surface area contributed by atoms with Crippen LogP contribution in [0.4, 0.5) is 0 Å². The first-order chi connectivity index (χ1) is 5.15. The lowest BCUT2D eigenvalue weighted by Gasteiger charge is -2.08. The van der Waals surface area contributed by atoms with Gasteiger partial charge in [0.2, 0.25) is 0 Å². The summed E-state index contributed by atoms with van der Waals surface area (Å²) >= 11 is 0. The molecule has 0 radical (unpaired) electrons. The Bertz CT molecular complexity index is 198. The Morgan fingerprint density at radius 3 is 2.82 bits per heavy atom. The Balaban J connectivity index is 2.64. The van der Waals surface area contributed by atoms with Crippen LogP contribution < -0.4 is 5.73 Å². The van der Waals surface area contributed by atoms with Crippen LogP contribution in [0.2, 0.25) is 0 Å². The van der Waals surface area contributed by atoms with Crippen LogP contribution in [0.25, 0.3) is 0 Å². The number of carbonyl (C=O) groups is 1. The molecule has 0 aromatic heterocycles. The van der Waals surface area contributed by atoms with Gasteiger partial charge in [-0.1, -0.05) is 11.6 Å². The van der Waals surface area contributed by atoms with Gasteiger partial charge in [0.1, 0.15) is 0 Å². The van der Waals surface area contributed by atoms with E-state index < -0.39 is 0 Å². The zero-order valence-corrected chi connectivity index (χ0v) is 6.83. The monoisotopic (exact) mass is 155 g/mol. The summed E-state index contributed by atoms with van der Waals surface area (Å²) in [6.45, 7) is 1.91. The molecule has 1 aliphatic rings. The maximum atomic E-state index is 11.1. The third-order valence-corrected chi connectivity index (χ3v) is 2.02. The second-order valence-electron chi connectivity index (χ2n) is 2.89. The Kier molecular flexibility index (Phi) is 2.29. The fourth-order valence-electron chi connectivity index (χ4n) is 1.40. The van der Waals surface area contributed by atoms with Crippen molar-refractivity contribution in [2.75, 3.05) is 7.11 Å². The van der Waals surface area contributed by atoms with Gasteiger partial charge in [-0.3, -0.25) is 4.79 Å². The summed E-state index contributed by atoms with van der Waals surface area (Å²) < 4.78 is 4.62. The average Bonchev–Trinajstić information content (AvgIpc) is 2.28. The molecule has 0 amide bonds. The van der Waals surface area contributed by atoms with Crippen LogP contribution in [0, 0.1) is 5.92 Å². The van der Waals surface area contributed by atoms with Crippen LogP contribution in [-0.4, -0.2) is 19.1 Å². The minimum absolute atomic E-state index is 0.0269. The van der Waals surface area contributed by atoms with Crippen LogP contribution in [0.3, 0.4) is 0 Å². The summed E-state index contributed by atoms with van der Waals surface area (Å²) in [5, 5.41) is 0. The molecule has 0 bridgehead atoms. The van der Waals surface area contributed by atoms with Gasteiger partial charge in [0.05, 0.1) is 13.0 Å². The minimum Gasteiger partial charge on any atom is -0.469 e. The normalized spacial score (nSPS) is 29.9. The van der Waals surface area contributed by atoms with E-state index in [9.17, 15) is 4.79 Å². The molecule has 11 heavy (non-hydrogen) atoms. The van der Waals surface area contributed by atoms with Gasteiger partial charge in [0.25, 0.3) is 0 Å². The van der Waals surface area contributed by atoms with Gasteiger partial charge in [-0.15, -0.1) is 0 Å². The maximum Gasteiger partial charge on any atom is 0.312 e. The van der Waals surface area contributed by atoms with Gasteiger partial charge in [-0.25, -0.2) is 0 Å². The minimum atomic E-state index is -0.174. The number of hydrogen-bond acceptors (Lipinski definition) is 3. The van der Waals surface area contributed by atoms with E-state index in [2.05, 4.69) is 4.74 Å². The Morgan fingerprint density at radius 1 is 1.82 bits per heavy atom. The van der Waals surface area contributed by atoms with Crippen molar-refractivity contribution in [3.05, 3.63) is 11.6 Å². The van der Waals surface area contributed by atoms with Gasteiger partial charge in [0, 0.05) is 6.04 Å². The van der Waals surface area contributed by atoms with Crippen molar-refractivity contribution in [1.29, 1.82) is 0 Å². The lowest BCUT2D eigenvalue weighted by molar-refractivity contribution is -0.144. The van der Waals surface area contributed by atoms with E-state index >= 15 is 0 Å². The molecule has 3 heteroatoms. The van der Waals surface area contributed by atoms with E-state index in [-0.39, 0.29) is 17.9 Å². The highest BCUT2D eigenvalue weighted by Crippen LogP contribution is 2.25. The van der Waals surface area contributed by atoms with E-state index in [0.717, 1.165) is 5.57 Å². The molecule has 0 aliphatic heterocycles. The Morgan fingerprint density at radius 2 is 2.45 bits per heavy atom. The Labute approximate surface area is 66.2 Å². The van der Waals surface area contributed by atoms with Crippen LogP contribution >= 0.6 is 0 Å². The highest BCUT2D eigenvalue weighted by Gasteiger charge is 2.28. The number of hydrogen-bond donors (Lipinski definition) is 1. The van der Waals surface area contributed by atoms with E-state index in [1.165, 1.54) is 7.11 Å². The lowest BCUT2D eigenvalue weighted by Crippen LogP contribution is -2.20. The summed E-state index contributed by atoms with van der Waals surface area (Å²) in [5.74, 6) is -0.276. The maximum absolute atomic E-state index is 11.1. The molecule has 0 aromatic rings. The second-order valence-corrected chi connectivity index (χ2v) is 2.89. The molecule has 0 spiro atoms. The summed E-state index contributed by atoms with van der Waals surface area (Å²) in [6.07, 6.45) is 2.61. The molecule has 62 valence electrons. The summed E-state index contributed by atoms with van der Waals surface area (Å²) in [7, 11) is 1.40. The molecule has 0 aromatic carbocycles. The molecule has 2 N–H and O–H groups in total. The number of ether oxygens (including phenoxy) is 1. The number of methoxy groups -OCH3 is 1. The first kappa shape index (κ1) is 8.27. The largest absolute Gasteiger partial charge is 0.469 e. The topological polar surface area (TPSA) is 52.3 Å². The van der Waals surface area contributed by atoms with Crippen molar-refractivity contribution in [1.82, 2.24) is 0 Å². The standard InChI is InChI=1S/C8H13NO2/c1-5-3-6(9)4-7(5)8(10)11-2/h3,6-7H,4,9H2,1-2H3/t6-,7+/m0/s1. The molecular weight excluding hydrogens is 142 g/mol. The van der Waals surface area contributed by atoms with E-state index in [0.29, 0.717) is 6.42 Å². The van der Waals surface area contributed by atoms with Gasteiger partial charge in [-0.2, -0.15) is 0 Å². The van der Waals surface area contributed by atoms with Crippen molar-refractivity contribution >= 4 is 5.97 Å². The van der Waals surface area contributed by atoms with Crippen LogP contribution in [-0.2, 0) is 9.53 Å². The van der Waals surface area contributed by atoms with Crippen molar-refractivity contribution < 1.29 is 9.53 Å². The highest BCUT2D eigenvalue weighted by molar-refractivity contribution is 5.76. The number of esters is 1. The number of carbonyl (C=O) groups excluding carboxylic acids is 1. The third-order valence-electron chi connectivity index (χ3n) is 2.02. The molecule has 3 nitrogen and oxygen atoms in total. The Hall–Kier alpha value is -0.830. The predicted molar refractivity (Wildman–Crippen MR) is 41.9 cm³/mol. The predicted octanol–water partition coefficient (Wildman–Crippen LogP) is 0.453. The molecule has 0 heterocycles. The van der Waals surface area contributed by atoms with Crippen molar-refractivity contribution in [2.45, 2.75) is 19.4 Å². The van der Waals surface area contributed by atoms with E-state index in [1.807, 2.05) is 13.0 Å². The first-order valence-corrected chi connectivity index (χ1v) is 3.67. The molecule has 0 unspecified atom stereocenters. The van der Waals surface area contributed by atoms with Crippen molar-refractivity contribution in [2.24, 2.45) is 11.7 Å². The van der Waals surface area contributed by atoms with Gasteiger partial charge in [0.15, 0.2) is 0 Å². The zero-order valence-electron chi connectivity index (χ0n) is 6.83. The van der Waals surface area contributed by atoms with Crippen LogP contribution in [0.15, 0.2) is 11.6 Å². The fraction of sp³-hybridized carbons (Fsp3) is 0.625. The molecule has 0 saturated heterocycles. The highest BCUT2D eigenvalue weighted by atomic mass is 16.5. The fourth-order valence-corrected chi connectivity index (χ4v) is 1.40. The summed E-state index contributed by atoms with van der Waals surface area (Å²) in [6, 6.07) is 0.0269. The summed E-state index contributed by atoms with van der Waals surface area (Å²) in [5.41, 5.74) is 6.66. The molecule has 0 fully saturated rings. The number of rotatable bonds is 1. The molecule has 1 aliphatic carbocycles. The second kappa shape index (κ2) is 3.05. The zero-order chi connectivity index (χ0) is 8.43. The molecule has 1 rings (SSSR count). The molecular formula is C8H13NO2. The average molecular weight is 155 g/mol. The van der Waals surface area contributed by atoms with E-state index in [4.69, 9.17) is 5.73 Å². The molecule has 0 saturated carbocycles. The quantitative estimate of drug-likeness (QED) is 0.442. The lowest BCUT2D eigenvalue weighted by atomic mass is 10.0. The SMILES string of the molecule is COC(=O)[C@@H]1C[C@@H](N)C=C1C. The smallest absolute Gasteiger partial charge is 0.312 e. The van der Waals surface area contributed by atoms with Crippen LogP contribution in [0.5, 0.6) is 0 Å². The van der Waals surface area contributed by atoms with Gasteiger partial charge < -0.3 is 10.5 Å². The van der Waals surface area contributed by atoms with Crippen molar-refractivity contribution in [3.8, 4) is 0 Å². The summed E-state index contributed by atoms with van der Waals surface area (Å²) in [4.78, 5) is 11.1. The number of nitrogens with two attached hydrogens (primary N) is 1. The first-order valence-electron chi connectivity index (χ1n) is 3.67.